The van der Waals surface area contributed by atoms with Gasteiger partial charge < -0.3 is 0 Å². The molecule has 7 nitrogen and oxygen atoms in total. The van der Waals surface area contributed by atoms with Crippen LogP contribution in [0.25, 0.3) is 0 Å². The molecule has 0 bridgehead atoms. The molecule has 0 unspecified atom stereocenters. The zero-order chi connectivity index (χ0) is 17.7. The minimum Gasteiger partial charge on any atom is -0.212 e. The lowest BCUT2D eigenvalue weighted by atomic mass is 9.90. The number of nitrogens with zero attached hydrogens (tertiary/aromatic N) is 3. The van der Waals surface area contributed by atoms with Crippen LogP contribution < -0.4 is 0 Å². The van der Waals surface area contributed by atoms with Gasteiger partial charge in [-0.2, -0.15) is 21.3 Å². The fraction of sp³-hybridized carbons (Fsp3) is 0.600. The van der Waals surface area contributed by atoms with Crippen LogP contribution in [0.1, 0.15) is 11.6 Å². The second-order valence-electron chi connectivity index (χ2n) is 6.72. The number of hydrogen-bond acceptors (Lipinski definition) is 4. The van der Waals surface area contributed by atoms with Crippen molar-refractivity contribution in [1.82, 2.24) is 12.9 Å². The molecular formula is C15H23N3O4S2. The lowest BCUT2D eigenvalue weighted by molar-refractivity contribution is 0.318. The van der Waals surface area contributed by atoms with E-state index in [1.807, 2.05) is 30.3 Å². The lowest BCUT2D eigenvalue weighted by Gasteiger charge is -2.28. The van der Waals surface area contributed by atoms with Crippen molar-refractivity contribution in [2.75, 3.05) is 40.0 Å². The second-order valence-corrected chi connectivity index (χ2v) is 10.8. The Balaban J connectivity index is 1.95. The molecule has 0 N–H and O–H groups in total. The van der Waals surface area contributed by atoms with Gasteiger partial charge in [-0.25, -0.2) is 8.42 Å². The van der Waals surface area contributed by atoms with E-state index in [1.54, 1.807) is 0 Å². The topological polar surface area (TPSA) is 78.0 Å². The zero-order valence-corrected chi connectivity index (χ0v) is 15.7. The molecule has 2 saturated heterocycles. The minimum atomic E-state index is -3.48. The van der Waals surface area contributed by atoms with Gasteiger partial charge in [0.25, 0.3) is 10.2 Å². The largest absolute Gasteiger partial charge is 0.281 e. The third-order valence-electron chi connectivity index (χ3n) is 4.94. The molecular weight excluding hydrogens is 350 g/mol. The highest BCUT2D eigenvalue weighted by molar-refractivity contribution is 7.88. The Kier molecular flexibility index (Phi) is 4.50. The Morgan fingerprint density at radius 3 is 2.17 bits per heavy atom. The first kappa shape index (κ1) is 17.8. The van der Waals surface area contributed by atoms with Crippen molar-refractivity contribution in [3.8, 4) is 0 Å². The van der Waals surface area contributed by atoms with Gasteiger partial charge in [0.15, 0.2) is 0 Å². The summed E-state index contributed by atoms with van der Waals surface area (Å²) in [5, 5.41) is 0. The van der Waals surface area contributed by atoms with Crippen LogP contribution in [0.3, 0.4) is 0 Å². The smallest absolute Gasteiger partial charge is 0.212 e. The second kappa shape index (κ2) is 6.06. The summed E-state index contributed by atoms with van der Waals surface area (Å²) in [6.07, 6.45) is 1.22. The highest BCUT2D eigenvalue weighted by Crippen LogP contribution is 2.46. The number of fused-ring (bicyclic) bond motifs is 1. The van der Waals surface area contributed by atoms with E-state index in [1.165, 1.54) is 33.3 Å². The van der Waals surface area contributed by atoms with Gasteiger partial charge in [-0.15, -0.1) is 0 Å². The molecule has 134 valence electrons. The highest BCUT2D eigenvalue weighted by atomic mass is 32.2. The van der Waals surface area contributed by atoms with Gasteiger partial charge in [0, 0.05) is 33.7 Å². The summed E-state index contributed by atoms with van der Waals surface area (Å²) in [7, 11) is -3.81. The summed E-state index contributed by atoms with van der Waals surface area (Å²) in [6.45, 7) is 1.07. The van der Waals surface area contributed by atoms with E-state index >= 15 is 0 Å². The molecule has 0 aliphatic carbocycles. The molecule has 3 rings (SSSR count). The van der Waals surface area contributed by atoms with Gasteiger partial charge in [-0.3, -0.25) is 0 Å². The van der Waals surface area contributed by atoms with Crippen molar-refractivity contribution < 1.29 is 16.8 Å². The van der Waals surface area contributed by atoms with Crippen LogP contribution >= 0.6 is 0 Å². The standard InChI is InChI=1S/C15H23N3O4S2/c1-16(2)24(21,22)17-9-13-10-18(23(3,19)20)15(14(13)11-17)12-7-5-4-6-8-12/h4-8,13-15H,9-11H2,1-3H3/t13-,14-,15+/m1/s1. The van der Waals surface area contributed by atoms with Crippen molar-refractivity contribution in [3.05, 3.63) is 35.9 Å². The van der Waals surface area contributed by atoms with Gasteiger partial charge >= 0.3 is 0 Å². The van der Waals surface area contributed by atoms with Crippen molar-refractivity contribution >= 4 is 20.2 Å². The molecule has 1 aromatic carbocycles. The number of hydrogen-bond donors (Lipinski definition) is 0. The van der Waals surface area contributed by atoms with Crippen molar-refractivity contribution in [2.45, 2.75) is 6.04 Å². The van der Waals surface area contributed by atoms with E-state index in [4.69, 9.17) is 0 Å². The SMILES string of the molecule is CN(C)S(=O)(=O)N1C[C@@H]2CN(S(C)(=O)=O)[C@@H](c3ccccc3)[C@@H]2C1. The molecule has 2 heterocycles. The Bertz CT molecular complexity index is 808. The maximum Gasteiger partial charge on any atom is 0.281 e. The summed E-state index contributed by atoms with van der Waals surface area (Å²) >= 11 is 0. The number of sulfonamides is 1. The van der Waals surface area contributed by atoms with E-state index in [2.05, 4.69) is 0 Å². The molecule has 2 fully saturated rings. The fourth-order valence-electron chi connectivity index (χ4n) is 3.79. The molecule has 0 saturated carbocycles. The van der Waals surface area contributed by atoms with Crippen molar-refractivity contribution in [3.63, 3.8) is 0 Å². The zero-order valence-electron chi connectivity index (χ0n) is 14.0. The first-order valence-corrected chi connectivity index (χ1v) is 11.1. The minimum absolute atomic E-state index is 0.0136. The lowest BCUT2D eigenvalue weighted by Crippen LogP contribution is -2.41. The average molecular weight is 374 g/mol. The Labute approximate surface area is 144 Å². The van der Waals surface area contributed by atoms with E-state index in [0.717, 1.165) is 5.56 Å². The first-order valence-electron chi connectivity index (χ1n) is 7.81. The summed E-state index contributed by atoms with van der Waals surface area (Å²) in [6, 6.07) is 9.16. The van der Waals surface area contributed by atoms with E-state index in [-0.39, 0.29) is 17.9 Å². The Hall–Kier alpha value is -1.00. The van der Waals surface area contributed by atoms with Gasteiger partial charge in [0.05, 0.1) is 12.3 Å². The third-order valence-corrected chi connectivity index (χ3v) is 8.04. The molecule has 9 heteroatoms. The van der Waals surface area contributed by atoms with Crippen LogP contribution in [0.4, 0.5) is 0 Å². The third kappa shape index (κ3) is 2.99. The average Bonchev–Trinajstić information content (AvgIpc) is 3.05. The Morgan fingerprint density at radius 2 is 1.62 bits per heavy atom. The van der Waals surface area contributed by atoms with Gasteiger partial charge in [0.1, 0.15) is 0 Å². The van der Waals surface area contributed by atoms with Crippen LogP contribution in [0.15, 0.2) is 30.3 Å². The number of rotatable bonds is 4. The molecule has 0 radical (unpaired) electrons. The van der Waals surface area contributed by atoms with Gasteiger partial charge in [0.2, 0.25) is 10.0 Å². The fourth-order valence-corrected chi connectivity index (χ4v) is 6.14. The normalized spacial score (nSPS) is 29.2. The predicted octanol–water partition coefficient (Wildman–Crippen LogP) is 0.357. The summed E-state index contributed by atoms with van der Waals surface area (Å²) in [5.41, 5.74) is 0.916. The summed E-state index contributed by atoms with van der Waals surface area (Å²) in [5.74, 6) is -0.0171. The van der Waals surface area contributed by atoms with E-state index in [0.29, 0.717) is 19.6 Å². The molecule has 24 heavy (non-hydrogen) atoms. The molecule has 2 aliphatic rings. The molecule has 2 aliphatic heterocycles. The molecule has 0 aromatic heterocycles. The maximum absolute atomic E-state index is 12.4. The summed E-state index contributed by atoms with van der Waals surface area (Å²) < 4.78 is 53.5. The van der Waals surface area contributed by atoms with Crippen LogP contribution in [-0.2, 0) is 20.2 Å². The predicted molar refractivity (Wildman–Crippen MR) is 91.9 cm³/mol. The van der Waals surface area contributed by atoms with Gasteiger partial charge in [-0.1, -0.05) is 30.3 Å². The van der Waals surface area contributed by atoms with E-state index in [9.17, 15) is 16.8 Å². The quantitative estimate of drug-likeness (QED) is 0.763. The first-order chi connectivity index (χ1) is 11.1. The van der Waals surface area contributed by atoms with Gasteiger partial charge in [-0.05, 0) is 17.4 Å². The van der Waals surface area contributed by atoms with Crippen LogP contribution in [-0.4, -0.2) is 69.7 Å². The highest BCUT2D eigenvalue weighted by Gasteiger charge is 2.52. The molecule has 3 atom stereocenters. The Morgan fingerprint density at radius 1 is 1.00 bits per heavy atom. The van der Waals surface area contributed by atoms with Crippen LogP contribution in [0, 0.1) is 11.8 Å². The summed E-state index contributed by atoms with van der Waals surface area (Å²) in [4.78, 5) is 0. The van der Waals surface area contributed by atoms with Crippen LogP contribution in [0.5, 0.6) is 0 Å². The molecule has 1 aromatic rings. The van der Waals surface area contributed by atoms with Crippen molar-refractivity contribution in [1.29, 1.82) is 0 Å². The monoisotopic (exact) mass is 373 g/mol. The van der Waals surface area contributed by atoms with Crippen LogP contribution in [0.2, 0.25) is 0 Å². The maximum atomic E-state index is 12.4. The van der Waals surface area contributed by atoms with E-state index < -0.39 is 20.2 Å². The molecule has 0 spiro atoms. The molecule has 0 amide bonds. The number of benzene rings is 1. The van der Waals surface area contributed by atoms with Crippen molar-refractivity contribution in [2.24, 2.45) is 11.8 Å².